The molecule has 0 radical (unpaired) electrons. The van der Waals surface area contributed by atoms with Crippen LogP contribution in [-0.2, 0) is 16.4 Å². The molecule has 1 fully saturated rings. The average Bonchev–Trinajstić information content (AvgIpc) is 3.77. The Labute approximate surface area is 222 Å². The van der Waals surface area contributed by atoms with Gasteiger partial charge in [0.2, 0.25) is 0 Å². The second kappa shape index (κ2) is 10.4. The van der Waals surface area contributed by atoms with E-state index in [1.54, 1.807) is 32.4 Å². The molecule has 0 atom stereocenters. The smallest absolute Gasteiger partial charge is 0.251 e. The Morgan fingerprint density at radius 1 is 1.03 bits per heavy atom. The first-order chi connectivity index (χ1) is 18.2. The number of carbonyl (C=O) groups is 1. The fourth-order valence-corrected chi connectivity index (χ4v) is 5.46. The first-order valence-electron chi connectivity index (χ1n) is 12.4. The van der Waals surface area contributed by atoms with E-state index in [9.17, 15) is 13.2 Å². The highest BCUT2D eigenvalue weighted by Gasteiger charge is 2.25. The van der Waals surface area contributed by atoms with Crippen LogP contribution in [-0.4, -0.2) is 37.7 Å². The van der Waals surface area contributed by atoms with E-state index in [1.807, 2.05) is 36.4 Å². The third kappa shape index (κ3) is 5.60. The molecule has 2 aromatic carbocycles. The summed E-state index contributed by atoms with van der Waals surface area (Å²) in [7, 11) is -1.77. The number of hydrogen-bond donors (Lipinski definition) is 1. The zero-order valence-electron chi connectivity index (χ0n) is 21.6. The van der Waals surface area contributed by atoms with Crippen LogP contribution in [0.3, 0.4) is 0 Å². The van der Waals surface area contributed by atoms with Gasteiger partial charge in [0.25, 0.3) is 5.91 Å². The number of methoxy groups -OCH3 is 1. The highest BCUT2D eigenvalue weighted by molar-refractivity contribution is 7.90. The van der Waals surface area contributed by atoms with Crippen molar-refractivity contribution >= 4 is 15.7 Å². The maximum Gasteiger partial charge on any atom is 0.251 e. The molecular formula is C30H29N3O4S. The fraction of sp³-hybridized carbons (Fsp3) is 0.233. The van der Waals surface area contributed by atoms with Crippen molar-refractivity contribution in [3.05, 3.63) is 95.4 Å². The second-order valence-electron chi connectivity index (χ2n) is 9.61. The summed E-state index contributed by atoms with van der Waals surface area (Å²) in [5.41, 5.74) is 6.40. The van der Waals surface area contributed by atoms with Crippen LogP contribution in [0.5, 0.6) is 5.75 Å². The lowest BCUT2D eigenvalue weighted by Gasteiger charge is -2.13. The van der Waals surface area contributed by atoms with Gasteiger partial charge in [-0.15, -0.1) is 0 Å². The van der Waals surface area contributed by atoms with Gasteiger partial charge in [-0.25, -0.2) is 8.42 Å². The van der Waals surface area contributed by atoms with Crippen LogP contribution in [0.25, 0.3) is 22.4 Å². The van der Waals surface area contributed by atoms with Crippen molar-refractivity contribution in [1.82, 2.24) is 15.3 Å². The number of carbonyl (C=O) groups excluding carboxylic acids is 1. The molecule has 1 aliphatic carbocycles. The quantitative estimate of drug-likeness (QED) is 0.332. The van der Waals surface area contributed by atoms with E-state index >= 15 is 0 Å². The number of rotatable bonds is 8. The van der Waals surface area contributed by atoms with Crippen molar-refractivity contribution in [2.45, 2.75) is 37.1 Å². The minimum absolute atomic E-state index is 0.151. The number of pyridine rings is 2. The van der Waals surface area contributed by atoms with E-state index in [0.29, 0.717) is 17.2 Å². The van der Waals surface area contributed by atoms with Gasteiger partial charge < -0.3 is 10.1 Å². The van der Waals surface area contributed by atoms with Crippen LogP contribution < -0.4 is 10.1 Å². The molecule has 1 N–H and O–H groups in total. The van der Waals surface area contributed by atoms with Gasteiger partial charge in [0.15, 0.2) is 9.84 Å². The standard InChI is InChI=1S/C30H29N3O4S/c1-19-7-8-23(17-29(19)38(3,35)36)30(34)32-18-24-15-22(13-14-31-24)21-11-12-28(37-2)25(16-21)27-6-4-5-26(33-27)20-9-10-20/h4-8,11-17,20H,9-10,18H2,1-3H3,(H,32,34). The van der Waals surface area contributed by atoms with Gasteiger partial charge in [0.05, 0.1) is 29.9 Å². The summed E-state index contributed by atoms with van der Waals surface area (Å²) in [6.45, 7) is 1.90. The minimum Gasteiger partial charge on any atom is -0.496 e. The molecule has 0 unspecified atom stereocenters. The Bertz CT molecular complexity index is 1630. The second-order valence-corrected chi connectivity index (χ2v) is 11.6. The van der Waals surface area contributed by atoms with Gasteiger partial charge in [0, 0.05) is 35.2 Å². The Morgan fingerprint density at radius 2 is 1.82 bits per heavy atom. The maximum atomic E-state index is 12.8. The molecule has 194 valence electrons. The molecule has 1 saturated carbocycles. The lowest BCUT2D eigenvalue weighted by atomic mass is 10.0. The average molecular weight is 528 g/mol. The summed E-state index contributed by atoms with van der Waals surface area (Å²) in [6, 6.07) is 20.6. The number of aromatic nitrogens is 2. The lowest BCUT2D eigenvalue weighted by Crippen LogP contribution is -2.23. The SMILES string of the molecule is COc1ccc(-c2ccnc(CNC(=O)c3ccc(C)c(S(C)(=O)=O)c3)c2)cc1-c1cccc(C2CC2)n1. The monoisotopic (exact) mass is 527 g/mol. The Balaban J connectivity index is 1.37. The number of amides is 1. The summed E-state index contributed by atoms with van der Waals surface area (Å²) >= 11 is 0. The van der Waals surface area contributed by atoms with E-state index in [-0.39, 0.29) is 22.9 Å². The van der Waals surface area contributed by atoms with Gasteiger partial charge >= 0.3 is 0 Å². The van der Waals surface area contributed by atoms with E-state index < -0.39 is 9.84 Å². The van der Waals surface area contributed by atoms with Crippen LogP contribution >= 0.6 is 0 Å². The van der Waals surface area contributed by atoms with Crippen LogP contribution in [0.4, 0.5) is 0 Å². The van der Waals surface area contributed by atoms with Crippen LogP contribution in [0.15, 0.2) is 77.8 Å². The first kappa shape index (κ1) is 25.6. The van der Waals surface area contributed by atoms with Gasteiger partial charge in [-0.3, -0.25) is 14.8 Å². The highest BCUT2D eigenvalue weighted by Crippen LogP contribution is 2.40. The van der Waals surface area contributed by atoms with E-state index in [2.05, 4.69) is 22.4 Å². The molecule has 38 heavy (non-hydrogen) atoms. The molecule has 0 bridgehead atoms. The summed E-state index contributed by atoms with van der Waals surface area (Å²) < 4.78 is 29.7. The van der Waals surface area contributed by atoms with Crippen LogP contribution in [0, 0.1) is 6.92 Å². The molecule has 0 spiro atoms. The fourth-order valence-electron chi connectivity index (χ4n) is 4.46. The van der Waals surface area contributed by atoms with E-state index in [1.165, 1.54) is 18.9 Å². The number of nitrogens with zero attached hydrogens (tertiary/aromatic N) is 2. The first-order valence-corrected chi connectivity index (χ1v) is 14.3. The van der Waals surface area contributed by atoms with E-state index in [4.69, 9.17) is 9.72 Å². The zero-order valence-corrected chi connectivity index (χ0v) is 22.4. The van der Waals surface area contributed by atoms with Gasteiger partial charge in [-0.1, -0.05) is 18.2 Å². The molecule has 0 saturated heterocycles. The van der Waals surface area contributed by atoms with Gasteiger partial charge in [-0.05, 0) is 85.0 Å². The lowest BCUT2D eigenvalue weighted by molar-refractivity contribution is 0.0950. The number of aryl methyl sites for hydroxylation is 1. The topological polar surface area (TPSA) is 98.2 Å². The summed E-state index contributed by atoms with van der Waals surface area (Å²) in [5, 5.41) is 2.84. The van der Waals surface area contributed by atoms with Crippen molar-refractivity contribution < 1.29 is 17.9 Å². The molecule has 2 aromatic heterocycles. The van der Waals surface area contributed by atoms with Crippen LogP contribution in [0.1, 0.15) is 46.1 Å². The minimum atomic E-state index is -3.43. The number of hydrogen-bond acceptors (Lipinski definition) is 6. The number of ether oxygens (including phenoxy) is 1. The number of nitrogens with one attached hydrogen (secondary N) is 1. The predicted octanol–water partition coefficient (Wildman–Crippen LogP) is 5.34. The third-order valence-electron chi connectivity index (χ3n) is 6.67. The molecule has 4 aromatic rings. The number of sulfone groups is 1. The molecular weight excluding hydrogens is 498 g/mol. The van der Waals surface area contributed by atoms with Crippen LogP contribution in [0.2, 0.25) is 0 Å². The molecule has 0 aliphatic heterocycles. The Kier molecular flexibility index (Phi) is 6.99. The van der Waals surface area contributed by atoms with Gasteiger partial charge in [0.1, 0.15) is 5.75 Å². The summed E-state index contributed by atoms with van der Waals surface area (Å²) in [6.07, 6.45) is 5.22. The van der Waals surface area contributed by atoms with Crippen molar-refractivity contribution in [1.29, 1.82) is 0 Å². The predicted molar refractivity (Wildman–Crippen MR) is 147 cm³/mol. The van der Waals surface area contributed by atoms with Crippen molar-refractivity contribution in [3.63, 3.8) is 0 Å². The van der Waals surface area contributed by atoms with Crippen molar-refractivity contribution in [3.8, 4) is 28.1 Å². The molecule has 5 rings (SSSR count). The van der Waals surface area contributed by atoms with Crippen molar-refractivity contribution in [2.24, 2.45) is 0 Å². The van der Waals surface area contributed by atoms with Crippen molar-refractivity contribution in [2.75, 3.05) is 13.4 Å². The molecule has 7 nitrogen and oxygen atoms in total. The molecule has 1 aliphatic rings. The van der Waals surface area contributed by atoms with Gasteiger partial charge in [-0.2, -0.15) is 0 Å². The maximum absolute atomic E-state index is 12.8. The Morgan fingerprint density at radius 3 is 2.55 bits per heavy atom. The largest absolute Gasteiger partial charge is 0.496 e. The third-order valence-corrected chi connectivity index (χ3v) is 7.91. The molecule has 2 heterocycles. The molecule has 8 heteroatoms. The van der Waals surface area contributed by atoms with E-state index in [0.717, 1.165) is 40.1 Å². The zero-order chi connectivity index (χ0) is 26.9. The summed E-state index contributed by atoms with van der Waals surface area (Å²) in [5.74, 6) is 0.942. The Hall–Kier alpha value is -4.04. The molecule has 1 amide bonds. The normalized spacial score (nSPS) is 13.2. The number of benzene rings is 2. The highest BCUT2D eigenvalue weighted by atomic mass is 32.2. The summed E-state index contributed by atoms with van der Waals surface area (Å²) in [4.78, 5) is 22.2.